The van der Waals surface area contributed by atoms with Gasteiger partial charge >= 0.3 is 0 Å². The Morgan fingerprint density at radius 3 is 1.65 bits per heavy atom. The van der Waals surface area contributed by atoms with Crippen molar-refractivity contribution in [1.29, 1.82) is 0 Å². The number of fused-ring (bicyclic) bond motifs is 5. The molecule has 10 rings (SSSR count). The Hall–Kier alpha value is -6.91. The van der Waals surface area contributed by atoms with Gasteiger partial charge in [-0.2, -0.15) is 0 Å². The lowest BCUT2D eigenvalue weighted by Crippen LogP contribution is -2.09. The zero-order chi connectivity index (χ0) is 33.7. The maximum atomic E-state index is 6.29. The Balaban J connectivity index is 1.02. The highest BCUT2D eigenvalue weighted by molar-refractivity contribution is 6.10. The van der Waals surface area contributed by atoms with Gasteiger partial charge in [0.05, 0.1) is 0 Å². The fourth-order valence-corrected chi connectivity index (χ4v) is 7.08. The minimum atomic E-state index is 0.605. The summed E-state index contributed by atoms with van der Waals surface area (Å²) in [6, 6.07) is 63.7. The summed E-state index contributed by atoms with van der Waals surface area (Å²) in [5.74, 6) is 0.605. The van der Waals surface area contributed by atoms with Gasteiger partial charge in [0.15, 0.2) is 5.58 Å². The van der Waals surface area contributed by atoms with Gasteiger partial charge in [-0.15, -0.1) is 0 Å². The van der Waals surface area contributed by atoms with Crippen molar-refractivity contribution in [2.45, 2.75) is 0 Å². The largest absolute Gasteiger partial charge is 0.456 e. The van der Waals surface area contributed by atoms with Crippen LogP contribution in [0.5, 0.6) is 0 Å². The summed E-state index contributed by atoms with van der Waals surface area (Å²) >= 11 is 0. The van der Waals surface area contributed by atoms with Crippen molar-refractivity contribution in [3.8, 4) is 33.7 Å². The monoisotopic (exact) mass is 654 g/mol. The van der Waals surface area contributed by atoms with Crippen molar-refractivity contribution in [2.75, 3.05) is 4.90 Å². The lowest BCUT2D eigenvalue weighted by molar-refractivity contribution is 0.620. The molecule has 4 heteroatoms. The summed E-state index contributed by atoms with van der Waals surface area (Å²) < 4.78 is 12.5. The maximum Gasteiger partial charge on any atom is 0.227 e. The summed E-state index contributed by atoms with van der Waals surface area (Å²) in [6.45, 7) is 0. The fourth-order valence-electron chi connectivity index (χ4n) is 7.08. The van der Waals surface area contributed by atoms with E-state index in [-0.39, 0.29) is 0 Å². The van der Waals surface area contributed by atoms with E-state index in [1.165, 1.54) is 21.9 Å². The predicted octanol–water partition coefficient (Wildman–Crippen LogP) is 13.4. The molecule has 0 bridgehead atoms. The average Bonchev–Trinajstić information content (AvgIpc) is 3.78. The third-order valence-electron chi connectivity index (χ3n) is 9.68. The molecule has 0 N–H and O–H groups in total. The number of hydrogen-bond acceptors (Lipinski definition) is 4. The first-order valence-electron chi connectivity index (χ1n) is 17.1. The van der Waals surface area contributed by atoms with Gasteiger partial charge in [0, 0.05) is 39.5 Å². The molecule has 0 aliphatic carbocycles. The minimum absolute atomic E-state index is 0.605. The summed E-state index contributed by atoms with van der Waals surface area (Å²) in [5.41, 5.74) is 12.0. The van der Waals surface area contributed by atoms with Crippen LogP contribution in [0.25, 0.3) is 77.5 Å². The second-order valence-corrected chi connectivity index (χ2v) is 12.8. The van der Waals surface area contributed by atoms with E-state index in [1.54, 1.807) is 0 Å². The maximum absolute atomic E-state index is 6.29. The van der Waals surface area contributed by atoms with E-state index in [9.17, 15) is 0 Å². The molecule has 2 heterocycles. The summed E-state index contributed by atoms with van der Waals surface area (Å²) in [6.07, 6.45) is 0. The molecule has 0 unspecified atom stereocenters. The van der Waals surface area contributed by atoms with Crippen molar-refractivity contribution in [3.63, 3.8) is 0 Å². The van der Waals surface area contributed by atoms with Crippen LogP contribution in [0, 0.1) is 0 Å². The Kier molecular flexibility index (Phi) is 6.78. The molecule has 4 nitrogen and oxygen atoms in total. The van der Waals surface area contributed by atoms with Gasteiger partial charge in [0.1, 0.15) is 16.7 Å². The number of aromatic nitrogens is 1. The van der Waals surface area contributed by atoms with Crippen molar-refractivity contribution in [3.05, 3.63) is 182 Å². The molecule has 0 amide bonds. The summed E-state index contributed by atoms with van der Waals surface area (Å²) in [4.78, 5) is 7.06. The van der Waals surface area contributed by atoms with Crippen LogP contribution in [0.1, 0.15) is 0 Å². The molecule has 51 heavy (non-hydrogen) atoms. The Labute approximate surface area is 294 Å². The van der Waals surface area contributed by atoms with Crippen molar-refractivity contribution >= 4 is 60.9 Å². The lowest BCUT2D eigenvalue weighted by Gasteiger charge is -2.26. The zero-order valence-electron chi connectivity index (χ0n) is 27.5. The molecule has 0 saturated heterocycles. The first-order chi connectivity index (χ1) is 25.2. The second-order valence-electron chi connectivity index (χ2n) is 12.8. The van der Waals surface area contributed by atoms with E-state index in [2.05, 4.69) is 144 Å². The smallest absolute Gasteiger partial charge is 0.227 e. The number of rotatable bonds is 6. The van der Waals surface area contributed by atoms with E-state index in [1.807, 2.05) is 42.5 Å². The van der Waals surface area contributed by atoms with E-state index >= 15 is 0 Å². The third-order valence-corrected chi connectivity index (χ3v) is 9.68. The molecule has 0 fully saturated rings. The SMILES string of the molecule is c1ccc(-c2ccc(N(c3ccc(-c4ccc5oc6cc7nc(-c8ccccc8)oc7cc6c5c4)cc3)c3ccc4ccccc4c3)cc2)cc1. The molecule has 0 radical (unpaired) electrons. The Morgan fingerprint density at radius 2 is 0.922 bits per heavy atom. The van der Waals surface area contributed by atoms with Gasteiger partial charge in [-0.25, -0.2) is 4.98 Å². The van der Waals surface area contributed by atoms with Crippen LogP contribution >= 0.6 is 0 Å². The van der Waals surface area contributed by atoms with Gasteiger partial charge in [0.25, 0.3) is 0 Å². The first kappa shape index (κ1) is 29.0. The third kappa shape index (κ3) is 5.22. The van der Waals surface area contributed by atoms with Crippen LogP contribution in [-0.2, 0) is 0 Å². The van der Waals surface area contributed by atoms with E-state index in [0.717, 1.165) is 66.8 Å². The highest BCUT2D eigenvalue weighted by atomic mass is 16.4. The number of hydrogen-bond donors (Lipinski definition) is 0. The number of oxazole rings is 1. The van der Waals surface area contributed by atoms with E-state index in [0.29, 0.717) is 5.89 Å². The molecular weight excluding hydrogens is 625 g/mol. The van der Waals surface area contributed by atoms with Crippen molar-refractivity contribution < 1.29 is 8.83 Å². The molecule has 0 aliphatic rings. The molecule has 2 aromatic heterocycles. The van der Waals surface area contributed by atoms with Gasteiger partial charge in [-0.3, -0.25) is 0 Å². The molecular formula is C47H30N2O2. The van der Waals surface area contributed by atoms with Crippen LogP contribution in [-0.4, -0.2) is 4.98 Å². The van der Waals surface area contributed by atoms with Crippen LogP contribution in [0.4, 0.5) is 17.1 Å². The van der Waals surface area contributed by atoms with Crippen LogP contribution in [0.15, 0.2) is 191 Å². The van der Waals surface area contributed by atoms with Gasteiger partial charge < -0.3 is 13.7 Å². The van der Waals surface area contributed by atoms with Crippen molar-refractivity contribution in [1.82, 2.24) is 4.98 Å². The molecule has 10 aromatic rings. The Bertz CT molecular complexity index is 2840. The van der Waals surface area contributed by atoms with Gasteiger partial charge in [-0.05, 0) is 99.8 Å². The number of anilines is 3. The average molecular weight is 655 g/mol. The van der Waals surface area contributed by atoms with Crippen molar-refractivity contribution in [2.24, 2.45) is 0 Å². The molecule has 0 atom stereocenters. The van der Waals surface area contributed by atoms with Crippen LogP contribution in [0.3, 0.4) is 0 Å². The van der Waals surface area contributed by atoms with Crippen LogP contribution in [0.2, 0.25) is 0 Å². The highest BCUT2D eigenvalue weighted by Gasteiger charge is 2.16. The Morgan fingerprint density at radius 1 is 0.353 bits per heavy atom. The molecule has 8 aromatic carbocycles. The fraction of sp³-hybridized carbons (Fsp3) is 0. The lowest BCUT2D eigenvalue weighted by atomic mass is 10.0. The first-order valence-corrected chi connectivity index (χ1v) is 17.1. The number of nitrogens with zero attached hydrogens (tertiary/aromatic N) is 2. The quantitative estimate of drug-likeness (QED) is 0.179. The molecule has 0 aliphatic heterocycles. The van der Waals surface area contributed by atoms with Gasteiger partial charge in [-0.1, -0.05) is 109 Å². The van der Waals surface area contributed by atoms with E-state index in [4.69, 9.17) is 13.8 Å². The predicted molar refractivity (Wildman–Crippen MR) is 210 cm³/mol. The highest BCUT2D eigenvalue weighted by Crippen LogP contribution is 2.40. The normalized spacial score (nSPS) is 11.5. The topological polar surface area (TPSA) is 42.4 Å². The molecule has 0 saturated carbocycles. The molecule has 240 valence electrons. The number of benzene rings is 8. The summed E-state index contributed by atoms with van der Waals surface area (Å²) in [7, 11) is 0. The van der Waals surface area contributed by atoms with Gasteiger partial charge in [0.2, 0.25) is 5.89 Å². The van der Waals surface area contributed by atoms with E-state index < -0.39 is 0 Å². The standard InChI is InChI=1S/C47H30N2O2/c1-3-9-31(10-4-1)33-15-21-38(22-16-33)49(40-25-19-32-11-7-8-14-36(32)27-40)39-23-17-34(18-24-39)37-20-26-44-41(28-37)42-29-46-43(30-45(42)50-44)48-47(51-46)35-12-5-2-6-13-35/h1-30H. The molecule has 0 spiro atoms. The number of furan rings is 1. The zero-order valence-corrected chi connectivity index (χ0v) is 27.5. The summed E-state index contributed by atoms with van der Waals surface area (Å²) in [5, 5.41) is 4.48. The second kappa shape index (κ2) is 11.9. The van der Waals surface area contributed by atoms with Crippen LogP contribution < -0.4 is 4.90 Å². The minimum Gasteiger partial charge on any atom is -0.456 e.